The minimum Gasteiger partial charge on any atom is -0.507 e. The molecule has 5 N–H and O–H groups in total. The monoisotopic (exact) mass is 566 g/mol. The normalized spacial score (nSPS) is 29.3. The Balaban J connectivity index is 1.57. The zero-order valence-electron chi connectivity index (χ0n) is 23.3. The van der Waals surface area contributed by atoms with Gasteiger partial charge in [-0.15, -0.1) is 0 Å². The van der Waals surface area contributed by atoms with E-state index in [4.69, 9.17) is 10.2 Å². The molecule has 1 aromatic carbocycles. The second-order valence-corrected chi connectivity index (χ2v) is 11.6. The third-order valence-electron chi connectivity index (χ3n) is 8.79. The Labute approximate surface area is 236 Å². The lowest BCUT2D eigenvalue weighted by Gasteiger charge is -2.52. The van der Waals surface area contributed by atoms with Gasteiger partial charge in [-0.05, 0) is 56.6 Å². The SMILES string of the molecule is CN(C)c1cc(CNCc2ccco2)c(O)c2c1C[C@H]1C[C@H]3[C@H](N(C)C)C(=O)C(C(N)=O)C(=O)[C@@]3(O)C(=O)C1C2=O. The van der Waals surface area contributed by atoms with Gasteiger partial charge in [0.25, 0.3) is 0 Å². The second kappa shape index (κ2) is 10.2. The average Bonchev–Trinajstić information content (AvgIpc) is 3.40. The Hall–Kier alpha value is -3.87. The van der Waals surface area contributed by atoms with Gasteiger partial charge in [-0.2, -0.15) is 0 Å². The lowest BCUT2D eigenvalue weighted by atomic mass is 9.52. The van der Waals surface area contributed by atoms with Crippen LogP contribution in [-0.4, -0.2) is 84.0 Å². The van der Waals surface area contributed by atoms with Crippen molar-refractivity contribution in [3.05, 3.63) is 46.9 Å². The van der Waals surface area contributed by atoms with E-state index in [-0.39, 0.29) is 30.7 Å². The van der Waals surface area contributed by atoms with Crippen LogP contribution in [0.1, 0.15) is 33.7 Å². The number of aromatic hydroxyl groups is 1. The number of hydrogen-bond acceptors (Lipinski definition) is 11. The molecule has 3 aliphatic rings. The van der Waals surface area contributed by atoms with Crippen molar-refractivity contribution in [1.82, 2.24) is 10.2 Å². The maximum absolute atomic E-state index is 14.1. The Bertz CT molecular complexity index is 1450. The number of fused-ring (bicyclic) bond motifs is 3. The molecule has 2 unspecified atom stereocenters. The van der Waals surface area contributed by atoms with Crippen LogP contribution in [-0.2, 0) is 38.7 Å². The molecule has 2 fully saturated rings. The highest BCUT2D eigenvalue weighted by Crippen LogP contribution is 2.52. The van der Waals surface area contributed by atoms with Gasteiger partial charge in [0.05, 0.1) is 30.3 Å². The number of nitrogens with one attached hydrogen (secondary N) is 1. The summed E-state index contributed by atoms with van der Waals surface area (Å²) in [7, 11) is 6.72. The molecule has 2 saturated carbocycles. The number of phenolic OH excluding ortho intramolecular Hbond substituents is 1. The summed E-state index contributed by atoms with van der Waals surface area (Å²) in [5.41, 5.74) is 4.25. The van der Waals surface area contributed by atoms with E-state index in [1.807, 2.05) is 4.90 Å². The van der Waals surface area contributed by atoms with Crippen LogP contribution in [0.15, 0.2) is 28.9 Å². The maximum Gasteiger partial charge on any atom is 0.235 e. The standard InChI is InChI=1S/C29H34N4O8/c1-32(2)18-10-14(11-31-12-15-6-5-7-41-15)23(34)20-16(18)8-13-9-17-22(33(3)4)25(36)21(28(30)39)27(38)29(17,40)26(37)19(13)24(20)35/h5-7,10,13,17,19,21-22,31,34,40H,8-9,11-12H2,1-4H3,(H2,30,39)/t13-,17-,19?,21?,22-,29-/m0/s1. The highest BCUT2D eigenvalue weighted by Gasteiger charge is 2.69. The van der Waals surface area contributed by atoms with E-state index in [0.29, 0.717) is 29.1 Å². The minimum absolute atomic E-state index is 0.00395. The molecule has 0 bridgehead atoms. The molecule has 12 nitrogen and oxygen atoms in total. The van der Waals surface area contributed by atoms with Crippen molar-refractivity contribution >= 4 is 34.7 Å². The van der Waals surface area contributed by atoms with Gasteiger partial charge < -0.3 is 30.6 Å². The van der Waals surface area contributed by atoms with Crippen molar-refractivity contribution in [3.8, 4) is 5.75 Å². The topological polar surface area (TPSA) is 183 Å². The molecule has 5 rings (SSSR count). The predicted octanol–water partition coefficient (Wildman–Crippen LogP) is -0.184. The van der Waals surface area contributed by atoms with Gasteiger partial charge in [0.2, 0.25) is 5.91 Å². The van der Waals surface area contributed by atoms with Crippen LogP contribution in [0.5, 0.6) is 5.75 Å². The van der Waals surface area contributed by atoms with Crippen LogP contribution >= 0.6 is 0 Å². The quantitative estimate of drug-likeness (QED) is 0.326. The molecule has 0 aliphatic heterocycles. The van der Waals surface area contributed by atoms with E-state index < -0.39 is 64.4 Å². The molecule has 0 radical (unpaired) electrons. The molecule has 6 atom stereocenters. The summed E-state index contributed by atoms with van der Waals surface area (Å²) in [5, 5.41) is 26.2. The van der Waals surface area contributed by atoms with Gasteiger partial charge >= 0.3 is 0 Å². The molecule has 3 aliphatic carbocycles. The molecular weight excluding hydrogens is 532 g/mol. The number of benzene rings is 1. The van der Waals surface area contributed by atoms with E-state index in [1.165, 1.54) is 4.90 Å². The van der Waals surface area contributed by atoms with Crippen molar-refractivity contribution in [1.29, 1.82) is 0 Å². The molecular formula is C29H34N4O8. The highest BCUT2D eigenvalue weighted by atomic mass is 16.3. The number of hydrogen-bond donors (Lipinski definition) is 4. The fourth-order valence-corrected chi connectivity index (χ4v) is 6.97. The third kappa shape index (κ3) is 4.28. The summed E-state index contributed by atoms with van der Waals surface area (Å²) in [6.07, 6.45) is 1.75. The fourth-order valence-electron chi connectivity index (χ4n) is 6.97. The van der Waals surface area contributed by atoms with E-state index in [1.54, 1.807) is 52.7 Å². The van der Waals surface area contributed by atoms with E-state index >= 15 is 0 Å². The number of primary amides is 1. The van der Waals surface area contributed by atoms with Gasteiger partial charge in [0, 0.05) is 37.8 Å². The number of likely N-dealkylation sites (N-methyl/N-ethyl adjacent to an activating group) is 1. The average molecular weight is 567 g/mol. The summed E-state index contributed by atoms with van der Waals surface area (Å²) in [5.74, 6) is -9.92. The number of phenols is 1. The number of carbonyl (C=O) groups excluding carboxylic acids is 5. The highest BCUT2D eigenvalue weighted by molar-refractivity contribution is 6.32. The Morgan fingerprint density at radius 3 is 2.44 bits per heavy atom. The number of carbonyl (C=O) groups is 5. The Morgan fingerprint density at radius 2 is 1.85 bits per heavy atom. The van der Waals surface area contributed by atoms with Crippen LogP contribution in [0.3, 0.4) is 0 Å². The van der Waals surface area contributed by atoms with Crippen molar-refractivity contribution in [2.75, 3.05) is 33.1 Å². The minimum atomic E-state index is -2.75. The van der Waals surface area contributed by atoms with Gasteiger partial charge in [-0.1, -0.05) is 0 Å². The van der Waals surface area contributed by atoms with E-state index in [2.05, 4.69) is 5.32 Å². The van der Waals surface area contributed by atoms with Gasteiger partial charge in [0.1, 0.15) is 11.5 Å². The smallest absolute Gasteiger partial charge is 0.235 e. The molecule has 0 saturated heterocycles. The number of nitrogens with two attached hydrogens (primary N) is 1. The molecule has 218 valence electrons. The molecule has 1 amide bonds. The first-order chi connectivity index (χ1) is 19.3. The molecule has 1 aromatic heterocycles. The summed E-state index contributed by atoms with van der Waals surface area (Å²) < 4.78 is 5.33. The first-order valence-electron chi connectivity index (χ1n) is 13.4. The van der Waals surface area contributed by atoms with Crippen molar-refractivity contribution in [2.24, 2.45) is 29.4 Å². The van der Waals surface area contributed by atoms with Gasteiger partial charge in [-0.3, -0.25) is 28.9 Å². The Morgan fingerprint density at radius 1 is 1.15 bits per heavy atom. The van der Waals surface area contributed by atoms with Crippen LogP contribution in [0.25, 0.3) is 0 Å². The predicted molar refractivity (Wildman–Crippen MR) is 145 cm³/mol. The molecule has 0 spiro atoms. The summed E-state index contributed by atoms with van der Waals surface area (Å²) in [6.45, 7) is 0.564. The number of amides is 1. The van der Waals surface area contributed by atoms with E-state index in [9.17, 15) is 34.2 Å². The third-order valence-corrected chi connectivity index (χ3v) is 8.79. The number of Topliss-reactive ketones (excluding diaryl/α,β-unsaturated/α-hetero) is 4. The summed E-state index contributed by atoms with van der Waals surface area (Å²) in [6, 6.07) is 4.20. The molecule has 1 heterocycles. The Kier molecular flexibility index (Phi) is 7.13. The van der Waals surface area contributed by atoms with Crippen molar-refractivity contribution < 1.29 is 38.6 Å². The van der Waals surface area contributed by atoms with E-state index in [0.717, 1.165) is 0 Å². The largest absolute Gasteiger partial charge is 0.507 e. The van der Waals surface area contributed by atoms with Crippen LogP contribution in [0.4, 0.5) is 5.69 Å². The zero-order chi connectivity index (χ0) is 30.0. The van der Waals surface area contributed by atoms with Crippen LogP contribution < -0.4 is 16.0 Å². The maximum atomic E-state index is 14.1. The van der Waals surface area contributed by atoms with Crippen molar-refractivity contribution in [3.63, 3.8) is 0 Å². The first kappa shape index (κ1) is 28.7. The number of nitrogens with zero attached hydrogens (tertiary/aromatic N) is 2. The lowest BCUT2D eigenvalue weighted by Crippen LogP contribution is -2.74. The fraction of sp³-hybridized carbons (Fsp3) is 0.483. The second-order valence-electron chi connectivity index (χ2n) is 11.6. The number of rotatable bonds is 7. The van der Waals surface area contributed by atoms with Crippen LogP contribution in [0.2, 0.25) is 0 Å². The number of aliphatic hydroxyl groups is 1. The summed E-state index contributed by atoms with van der Waals surface area (Å²) in [4.78, 5) is 70.2. The zero-order valence-corrected chi connectivity index (χ0v) is 23.3. The van der Waals surface area contributed by atoms with Crippen molar-refractivity contribution in [2.45, 2.75) is 37.6 Å². The van der Waals surface area contributed by atoms with Gasteiger partial charge in [0.15, 0.2) is 34.7 Å². The molecule has 2 aromatic rings. The number of furan rings is 1. The number of ketones is 4. The van der Waals surface area contributed by atoms with Crippen LogP contribution in [0, 0.1) is 23.7 Å². The molecule has 12 heteroatoms. The first-order valence-corrected chi connectivity index (χ1v) is 13.4. The molecule has 41 heavy (non-hydrogen) atoms. The lowest BCUT2D eigenvalue weighted by molar-refractivity contribution is -0.181. The summed E-state index contributed by atoms with van der Waals surface area (Å²) >= 11 is 0. The van der Waals surface area contributed by atoms with Gasteiger partial charge in [-0.25, -0.2) is 0 Å². The number of anilines is 1.